The number of alkyl halides is 1. The zero-order chi connectivity index (χ0) is 28.5. The third kappa shape index (κ3) is 62.7. The molecule has 8 heteroatoms. The maximum absolute atomic E-state index is 5.27. The minimum absolute atomic E-state index is 0. The van der Waals surface area contributed by atoms with E-state index in [1.807, 2.05) is 12.2 Å². The molecule has 4 N–H and O–H groups in total. The van der Waals surface area contributed by atoms with Gasteiger partial charge in [0.15, 0.2) is 0 Å². The molecule has 1 rings (SSSR count). The second kappa shape index (κ2) is 42.4. The number of rotatable bonds is 22. The van der Waals surface area contributed by atoms with Gasteiger partial charge in [-0.05, 0) is 38.8 Å². The smallest absolute Gasteiger partial charge is 0.0944 e. The Labute approximate surface area is 262 Å². The van der Waals surface area contributed by atoms with Crippen LogP contribution in [-0.2, 0) is 4.74 Å². The number of unbranched alkanes of at least 4 members (excludes halogenated alkanes) is 10. The molecule has 0 radical (unpaired) electrons. The summed E-state index contributed by atoms with van der Waals surface area (Å²) in [6, 6.07) is 0. The Bertz CT molecular complexity index is 460. The van der Waals surface area contributed by atoms with E-state index in [4.69, 9.17) is 22.1 Å². The van der Waals surface area contributed by atoms with Gasteiger partial charge in [0.25, 0.3) is 0 Å². The van der Waals surface area contributed by atoms with E-state index >= 15 is 0 Å². The summed E-state index contributed by atoms with van der Waals surface area (Å²) in [5.74, 6) is 0.667. The number of hydrogen-bond donors (Lipinski definition) is 3. The Morgan fingerprint density at radius 2 is 1.15 bits per heavy atom. The van der Waals surface area contributed by atoms with Crippen LogP contribution in [0.1, 0.15) is 84.0 Å². The second-order valence-corrected chi connectivity index (χ2v) is 10.8. The monoisotopic (exact) mass is 617 g/mol. The summed E-state index contributed by atoms with van der Waals surface area (Å²) in [7, 11) is 6.77. The molecule has 1 atom stereocenters. The van der Waals surface area contributed by atoms with Gasteiger partial charge in [-0.2, -0.15) is 0 Å². The number of nitrogens with two attached hydrogens (primary N) is 1. The van der Waals surface area contributed by atoms with Crippen molar-refractivity contribution in [1.82, 2.24) is 10.6 Å². The molecule has 1 saturated heterocycles. The Morgan fingerprint density at radius 1 is 0.769 bits per heavy atom. The SMILES string of the molecule is C=CCN.C=CCNCCCCCCCCCC.C=CCNCCCCCC[N+](C)(C)C.Cl.Cl.ClCC1CO1. The van der Waals surface area contributed by atoms with E-state index in [1.54, 1.807) is 6.08 Å². The highest BCUT2D eigenvalue weighted by Gasteiger charge is 2.19. The van der Waals surface area contributed by atoms with E-state index in [-0.39, 0.29) is 24.8 Å². The molecular formula is C31H68Cl3N4O+. The summed E-state index contributed by atoms with van der Waals surface area (Å²) in [6.07, 6.45) is 22.5. The standard InChI is InChI=1S/C13H27N.C12H27N2.C3H5ClO.C3H7N.2ClH/c1-3-5-6-7-8-9-10-11-13-14-12-4-2;1-5-10-13-11-8-6-7-9-12-14(2,3)4;4-1-3-2-5-3;1-2-3-4;;/h4,14H,2-3,5-13H2,1H3;5,13H,1,6-12H2,2-4H3;3H,1-2H2;2H,1,3-4H2;2*1H/q;+1;;;;. The van der Waals surface area contributed by atoms with Gasteiger partial charge in [-0.1, -0.05) is 76.5 Å². The molecule has 0 aromatic heterocycles. The summed E-state index contributed by atoms with van der Waals surface area (Å²) >= 11 is 5.27. The molecule has 0 amide bonds. The van der Waals surface area contributed by atoms with Gasteiger partial charge >= 0.3 is 0 Å². The van der Waals surface area contributed by atoms with Gasteiger partial charge in [0.05, 0.1) is 46.3 Å². The lowest BCUT2D eigenvalue weighted by Crippen LogP contribution is -2.35. The van der Waals surface area contributed by atoms with Crippen molar-refractivity contribution in [2.24, 2.45) is 5.73 Å². The minimum Gasteiger partial charge on any atom is -0.372 e. The zero-order valence-electron chi connectivity index (χ0n) is 26.2. The number of hydrogen-bond acceptors (Lipinski definition) is 4. The van der Waals surface area contributed by atoms with E-state index in [1.165, 1.54) is 83.6 Å². The Kier molecular flexibility index (Phi) is 52.8. The lowest BCUT2D eigenvalue weighted by Gasteiger charge is -2.23. The lowest BCUT2D eigenvalue weighted by atomic mass is 10.1. The topological polar surface area (TPSA) is 62.6 Å². The first-order chi connectivity index (χ1) is 17.8. The number of quaternary nitrogens is 1. The number of halogens is 3. The summed E-state index contributed by atoms with van der Waals surface area (Å²) in [4.78, 5) is 0. The second-order valence-electron chi connectivity index (χ2n) is 10.5. The van der Waals surface area contributed by atoms with Gasteiger partial charge < -0.3 is 25.6 Å². The van der Waals surface area contributed by atoms with Crippen LogP contribution in [0.2, 0.25) is 0 Å². The molecule has 0 aliphatic carbocycles. The van der Waals surface area contributed by atoms with Gasteiger partial charge in [0.1, 0.15) is 0 Å². The maximum atomic E-state index is 5.27. The van der Waals surface area contributed by atoms with Gasteiger partial charge in [-0.25, -0.2) is 0 Å². The van der Waals surface area contributed by atoms with Gasteiger partial charge in [0.2, 0.25) is 0 Å². The molecule has 5 nitrogen and oxygen atoms in total. The number of nitrogens with zero attached hydrogens (tertiary/aromatic N) is 1. The highest BCUT2D eigenvalue weighted by Crippen LogP contribution is 2.09. The van der Waals surface area contributed by atoms with Crippen molar-refractivity contribution >= 4 is 36.4 Å². The Hall–Kier alpha value is -0.110. The normalized spacial score (nSPS) is 12.9. The molecule has 39 heavy (non-hydrogen) atoms. The molecule has 0 aromatic carbocycles. The molecule has 0 saturated carbocycles. The van der Waals surface area contributed by atoms with Gasteiger partial charge in [-0.15, -0.1) is 56.2 Å². The summed E-state index contributed by atoms with van der Waals surface area (Å²) in [6.45, 7) is 19.9. The van der Waals surface area contributed by atoms with Crippen LogP contribution in [0, 0.1) is 0 Å². The fraction of sp³-hybridized carbons (Fsp3) is 0.806. The van der Waals surface area contributed by atoms with Crippen LogP contribution in [0.15, 0.2) is 38.0 Å². The molecule has 1 fully saturated rings. The highest BCUT2D eigenvalue weighted by atomic mass is 35.5. The van der Waals surface area contributed by atoms with Crippen LogP contribution >= 0.6 is 36.4 Å². The molecule has 0 aromatic rings. The average molecular weight is 619 g/mol. The van der Waals surface area contributed by atoms with E-state index < -0.39 is 0 Å². The van der Waals surface area contributed by atoms with Crippen LogP contribution in [0.5, 0.6) is 0 Å². The van der Waals surface area contributed by atoms with E-state index in [2.05, 4.69) is 58.4 Å². The molecule has 0 bridgehead atoms. The van der Waals surface area contributed by atoms with Crippen molar-refractivity contribution in [3.63, 3.8) is 0 Å². The molecule has 0 spiro atoms. The molecule has 1 aliphatic rings. The first-order valence-corrected chi connectivity index (χ1v) is 15.3. The molecule has 1 aliphatic heterocycles. The van der Waals surface area contributed by atoms with Crippen LogP contribution in [-0.4, -0.2) is 83.5 Å². The average Bonchev–Trinajstić information content (AvgIpc) is 3.72. The predicted octanol–water partition coefficient (Wildman–Crippen LogP) is 7.53. The summed E-state index contributed by atoms with van der Waals surface area (Å²) in [5, 5.41) is 6.65. The largest absolute Gasteiger partial charge is 0.372 e. The van der Waals surface area contributed by atoms with Crippen LogP contribution < -0.4 is 16.4 Å². The predicted molar refractivity (Wildman–Crippen MR) is 184 cm³/mol. The van der Waals surface area contributed by atoms with Gasteiger partial charge in [-0.3, -0.25) is 0 Å². The molecule has 1 unspecified atom stereocenters. The van der Waals surface area contributed by atoms with Gasteiger partial charge in [0, 0.05) is 19.6 Å². The van der Waals surface area contributed by atoms with Crippen LogP contribution in [0.4, 0.5) is 0 Å². The third-order valence-corrected chi connectivity index (χ3v) is 5.80. The third-order valence-electron chi connectivity index (χ3n) is 5.46. The highest BCUT2D eigenvalue weighted by molar-refractivity contribution is 6.18. The zero-order valence-corrected chi connectivity index (χ0v) is 28.6. The van der Waals surface area contributed by atoms with E-state index in [0.717, 1.165) is 37.3 Å². The summed E-state index contributed by atoms with van der Waals surface area (Å²) < 4.78 is 5.82. The Balaban J connectivity index is -0.000000144. The van der Waals surface area contributed by atoms with Crippen LogP contribution in [0.25, 0.3) is 0 Å². The molecular weight excluding hydrogens is 551 g/mol. The number of epoxide rings is 1. The summed E-state index contributed by atoms with van der Waals surface area (Å²) in [5.41, 5.74) is 4.91. The van der Waals surface area contributed by atoms with Crippen molar-refractivity contribution in [1.29, 1.82) is 0 Å². The van der Waals surface area contributed by atoms with Crippen molar-refractivity contribution in [3.05, 3.63) is 38.0 Å². The van der Waals surface area contributed by atoms with Crippen molar-refractivity contribution < 1.29 is 9.22 Å². The fourth-order valence-corrected chi connectivity index (χ4v) is 3.32. The molecule has 238 valence electrons. The number of ether oxygens (including phenoxy) is 1. The minimum atomic E-state index is 0. The fourth-order valence-electron chi connectivity index (χ4n) is 3.14. The molecule has 1 heterocycles. The number of nitrogens with one attached hydrogen (secondary N) is 2. The van der Waals surface area contributed by atoms with E-state index in [0.29, 0.717) is 18.5 Å². The van der Waals surface area contributed by atoms with Crippen molar-refractivity contribution in [2.45, 2.75) is 90.1 Å². The first-order valence-electron chi connectivity index (χ1n) is 14.7. The van der Waals surface area contributed by atoms with Crippen molar-refractivity contribution in [3.8, 4) is 0 Å². The van der Waals surface area contributed by atoms with Crippen molar-refractivity contribution in [2.75, 3.05) is 72.9 Å². The van der Waals surface area contributed by atoms with E-state index in [9.17, 15) is 0 Å². The quantitative estimate of drug-likeness (QED) is 0.0386. The van der Waals surface area contributed by atoms with Crippen LogP contribution in [0.3, 0.4) is 0 Å². The lowest BCUT2D eigenvalue weighted by molar-refractivity contribution is -0.870. The first kappa shape index (κ1) is 48.6. The Morgan fingerprint density at radius 3 is 1.44 bits per heavy atom. The maximum Gasteiger partial charge on any atom is 0.0944 e.